The Bertz CT molecular complexity index is 669. The van der Waals surface area contributed by atoms with Crippen molar-refractivity contribution in [1.29, 1.82) is 0 Å². The molecule has 0 aliphatic heterocycles. The highest BCUT2D eigenvalue weighted by Crippen LogP contribution is 2.32. The predicted molar refractivity (Wildman–Crippen MR) is 74.4 cm³/mol. The van der Waals surface area contributed by atoms with Gasteiger partial charge < -0.3 is 5.11 Å². The number of benzene rings is 1. The molecule has 1 aromatic heterocycles. The number of rotatable bonds is 3. The lowest BCUT2D eigenvalue weighted by molar-refractivity contribution is -0.383. The minimum atomic E-state index is -1.10. The molecule has 0 atom stereocenters. The Kier molecular flexibility index (Phi) is 3.52. The second-order valence-corrected chi connectivity index (χ2v) is 5.36. The molecular formula is C9H5BrIN3O4. The Morgan fingerprint density at radius 1 is 1.61 bits per heavy atom. The van der Waals surface area contributed by atoms with Gasteiger partial charge in [0.05, 0.1) is 4.92 Å². The summed E-state index contributed by atoms with van der Waals surface area (Å²) in [5.41, 5.74) is 0.0473. The van der Waals surface area contributed by atoms with Crippen LogP contribution in [0.5, 0.6) is 0 Å². The third-order valence-corrected chi connectivity index (χ3v) is 3.48. The van der Waals surface area contributed by atoms with Crippen LogP contribution in [0.25, 0.3) is 10.9 Å². The predicted octanol–water partition coefficient (Wildman–Crippen LogP) is 2.40. The number of fused-ring (bicyclic) bond motifs is 1. The van der Waals surface area contributed by atoms with E-state index in [1.807, 2.05) is 22.6 Å². The van der Waals surface area contributed by atoms with E-state index in [9.17, 15) is 14.9 Å². The average Bonchev–Trinajstić information content (AvgIpc) is 2.53. The van der Waals surface area contributed by atoms with E-state index in [1.54, 1.807) is 6.07 Å². The van der Waals surface area contributed by atoms with Gasteiger partial charge in [-0.1, -0.05) is 15.9 Å². The first kappa shape index (κ1) is 13.2. The molecule has 0 radical (unpaired) electrons. The van der Waals surface area contributed by atoms with Crippen LogP contribution in [-0.2, 0) is 11.3 Å². The lowest BCUT2D eigenvalue weighted by atomic mass is 10.2. The van der Waals surface area contributed by atoms with Crippen molar-refractivity contribution in [3.05, 3.63) is 30.4 Å². The van der Waals surface area contributed by atoms with Crippen LogP contribution < -0.4 is 0 Å². The van der Waals surface area contributed by atoms with E-state index >= 15 is 0 Å². The number of aliphatic carboxylic acids is 1. The van der Waals surface area contributed by atoms with Gasteiger partial charge in [-0.3, -0.25) is 14.9 Å². The monoisotopic (exact) mass is 425 g/mol. The van der Waals surface area contributed by atoms with Crippen molar-refractivity contribution in [2.45, 2.75) is 6.54 Å². The molecule has 1 heterocycles. The average molecular weight is 426 g/mol. The molecule has 9 heteroatoms. The molecule has 1 N–H and O–H groups in total. The van der Waals surface area contributed by atoms with Gasteiger partial charge in [-0.25, -0.2) is 4.68 Å². The van der Waals surface area contributed by atoms with Crippen LogP contribution >= 0.6 is 38.5 Å². The van der Waals surface area contributed by atoms with E-state index in [4.69, 9.17) is 5.11 Å². The van der Waals surface area contributed by atoms with Crippen LogP contribution in [0.2, 0.25) is 0 Å². The molecule has 2 aromatic rings. The van der Waals surface area contributed by atoms with Gasteiger partial charge in [-0.05, 0) is 28.7 Å². The van der Waals surface area contributed by atoms with E-state index < -0.39 is 17.4 Å². The molecule has 2 rings (SSSR count). The molecule has 7 nitrogen and oxygen atoms in total. The summed E-state index contributed by atoms with van der Waals surface area (Å²) in [6.45, 7) is -0.415. The van der Waals surface area contributed by atoms with Gasteiger partial charge in [-0.2, -0.15) is 5.10 Å². The maximum absolute atomic E-state index is 11.0. The van der Waals surface area contributed by atoms with Crippen molar-refractivity contribution in [2.24, 2.45) is 0 Å². The number of non-ortho nitro benzene ring substituents is 1. The largest absolute Gasteiger partial charge is 0.480 e. The topological polar surface area (TPSA) is 98.3 Å². The van der Waals surface area contributed by atoms with Gasteiger partial charge in [0.25, 0.3) is 5.69 Å². The number of aromatic nitrogens is 2. The SMILES string of the molecule is O=C(O)Cn1nc(I)c2cc(Br)cc([N+](=O)[O-])c21. The summed E-state index contributed by atoms with van der Waals surface area (Å²) in [6, 6.07) is 3.01. The van der Waals surface area contributed by atoms with Gasteiger partial charge in [0.15, 0.2) is 0 Å². The highest BCUT2D eigenvalue weighted by atomic mass is 127. The van der Waals surface area contributed by atoms with E-state index in [0.29, 0.717) is 13.6 Å². The zero-order chi connectivity index (χ0) is 13.4. The lowest BCUT2D eigenvalue weighted by Crippen LogP contribution is -2.10. The standard InChI is InChI=1S/C9H5BrIN3O4/c10-4-1-5-8(6(2-4)14(17)18)13(3-7(15)16)12-9(5)11/h1-2H,3H2,(H,15,16). The summed E-state index contributed by atoms with van der Waals surface area (Å²) in [4.78, 5) is 21.2. The zero-order valence-electron chi connectivity index (χ0n) is 8.63. The molecule has 1 aromatic carbocycles. The highest BCUT2D eigenvalue weighted by molar-refractivity contribution is 14.1. The van der Waals surface area contributed by atoms with Crippen LogP contribution in [0, 0.1) is 13.8 Å². The fourth-order valence-electron chi connectivity index (χ4n) is 1.60. The Balaban J connectivity index is 2.81. The number of nitrogens with zero attached hydrogens (tertiary/aromatic N) is 3. The molecule has 0 bridgehead atoms. The van der Waals surface area contributed by atoms with Crippen molar-refractivity contribution in [3.63, 3.8) is 0 Å². The normalized spacial score (nSPS) is 10.8. The van der Waals surface area contributed by atoms with Crippen molar-refractivity contribution in [3.8, 4) is 0 Å². The highest BCUT2D eigenvalue weighted by Gasteiger charge is 2.22. The van der Waals surface area contributed by atoms with Crippen molar-refractivity contribution in [2.75, 3.05) is 0 Å². The van der Waals surface area contributed by atoms with Gasteiger partial charge in [0, 0.05) is 15.9 Å². The first-order valence-electron chi connectivity index (χ1n) is 4.62. The number of carboxylic acids is 1. The molecule has 0 unspecified atom stereocenters. The number of halogens is 2. The summed E-state index contributed by atoms with van der Waals surface area (Å²) in [5.74, 6) is -1.10. The smallest absolute Gasteiger partial charge is 0.325 e. The van der Waals surface area contributed by atoms with Crippen molar-refractivity contribution in [1.82, 2.24) is 9.78 Å². The first-order valence-corrected chi connectivity index (χ1v) is 6.49. The number of nitro groups is 1. The fraction of sp³-hybridized carbons (Fsp3) is 0.111. The van der Waals surface area contributed by atoms with E-state index in [0.717, 1.165) is 4.68 Å². The number of hydrogen-bond acceptors (Lipinski definition) is 4. The van der Waals surface area contributed by atoms with Crippen molar-refractivity contribution >= 4 is 61.1 Å². The van der Waals surface area contributed by atoms with Gasteiger partial charge in [0.2, 0.25) is 0 Å². The summed E-state index contributed by atoms with van der Waals surface area (Å²) in [5, 5.41) is 24.4. The van der Waals surface area contributed by atoms with E-state index in [-0.39, 0.29) is 11.2 Å². The molecule has 0 amide bonds. The molecule has 0 aliphatic carbocycles. The third-order valence-electron chi connectivity index (χ3n) is 2.23. The molecule has 0 saturated heterocycles. The number of carbonyl (C=O) groups is 1. The summed E-state index contributed by atoms with van der Waals surface area (Å²) >= 11 is 5.10. The summed E-state index contributed by atoms with van der Waals surface area (Å²) in [6.07, 6.45) is 0. The molecule has 18 heavy (non-hydrogen) atoms. The van der Waals surface area contributed by atoms with Gasteiger partial charge >= 0.3 is 5.97 Å². The number of nitro benzene ring substituents is 1. The molecule has 0 spiro atoms. The van der Waals surface area contributed by atoms with Crippen LogP contribution in [0.1, 0.15) is 0 Å². The van der Waals surface area contributed by atoms with Crippen LogP contribution in [-0.4, -0.2) is 25.8 Å². The fourth-order valence-corrected chi connectivity index (χ4v) is 2.72. The first-order chi connectivity index (χ1) is 8.40. The Morgan fingerprint density at radius 3 is 2.83 bits per heavy atom. The maximum atomic E-state index is 11.0. The maximum Gasteiger partial charge on any atom is 0.325 e. The second kappa shape index (κ2) is 4.80. The summed E-state index contributed by atoms with van der Waals surface area (Å²) < 4.78 is 2.20. The van der Waals surface area contributed by atoms with E-state index in [2.05, 4.69) is 21.0 Å². The molecule has 0 fully saturated rings. The minimum absolute atomic E-state index is 0.170. The van der Waals surface area contributed by atoms with Crippen LogP contribution in [0.3, 0.4) is 0 Å². The summed E-state index contributed by atoms with van der Waals surface area (Å²) in [7, 11) is 0. The lowest BCUT2D eigenvalue weighted by Gasteiger charge is -2.00. The number of carboxylic acid groups (broad SMARTS) is 1. The zero-order valence-corrected chi connectivity index (χ0v) is 12.4. The van der Waals surface area contributed by atoms with Gasteiger partial charge in [0.1, 0.15) is 15.8 Å². The van der Waals surface area contributed by atoms with E-state index in [1.165, 1.54) is 6.07 Å². The molecule has 0 aliphatic rings. The minimum Gasteiger partial charge on any atom is -0.480 e. The second-order valence-electron chi connectivity index (χ2n) is 3.42. The van der Waals surface area contributed by atoms with Crippen molar-refractivity contribution < 1.29 is 14.8 Å². The molecular weight excluding hydrogens is 421 g/mol. The third kappa shape index (κ3) is 2.32. The Morgan fingerprint density at radius 2 is 2.28 bits per heavy atom. The molecule has 0 saturated carbocycles. The quantitative estimate of drug-likeness (QED) is 0.462. The van der Waals surface area contributed by atoms with Crippen LogP contribution in [0.4, 0.5) is 5.69 Å². The van der Waals surface area contributed by atoms with Crippen LogP contribution in [0.15, 0.2) is 16.6 Å². The molecule has 94 valence electrons. The Hall–Kier alpha value is -1.23. The number of hydrogen-bond donors (Lipinski definition) is 1. The van der Waals surface area contributed by atoms with Gasteiger partial charge in [-0.15, -0.1) is 0 Å². The Labute approximate surface area is 122 Å².